The van der Waals surface area contributed by atoms with Crippen molar-refractivity contribution < 1.29 is 13.5 Å². The summed E-state index contributed by atoms with van der Waals surface area (Å²) >= 11 is 1.34. The SMILES string of the molecule is CC(C)(C)CC(O)CNCc1sccc1S(N)(=O)=O. The summed E-state index contributed by atoms with van der Waals surface area (Å²) < 4.78 is 22.6. The van der Waals surface area contributed by atoms with Crippen LogP contribution in [-0.4, -0.2) is 26.2 Å². The third-order valence-electron chi connectivity index (χ3n) is 2.52. The summed E-state index contributed by atoms with van der Waals surface area (Å²) in [5, 5.41) is 19.7. The standard InChI is InChI=1S/C12H22N2O3S2/c1-12(2,3)6-9(15)7-14-8-10-11(4-5-18-10)19(13,16)17/h4-5,9,14-15H,6-8H2,1-3H3,(H2,13,16,17). The van der Waals surface area contributed by atoms with E-state index in [1.807, 2.05) is 0 Å². The number of rotatable bonds is 6. The van der Waals surface area contributed by atoms with Crippen LogP contribution in [0.25, 0.3) is 0 Å². The van der Waals surface area contributed by atoms with Crippen LogP contribution in [0.2, 0.25) is 0 Å². The minimum atomic E-state index is -3.66. The van der Waals surface area contributed by atoms with Gasteiger partial charge in [-0.25, -0.2) is 13.6 Å². The second-order valence-corrected chi connectivity index (χ2v) is 8.33. The van der Waals surface area contributed by atoms with Crippen LogP contribution in [0, 0.1) is 5.41 Å². The maximum Gasteiger partial charge on any atom is 0.239 e. The van der Waals surface area contributed by atoms with Crippen LogP contribution < -0.4 is 10.5 Å². The van der Waals surface area contributed by atoms with Crippen molar-refractivity contribution in [2.45, 2.75) is 44.7 Å². The Bertz CT molecular complexity index is 503. The maximum absolute atomic E-state index is 11.3. The lowest BCUT2D eigenvalue weighted by molar-refractivity contribution is 0.119. The number of primary sulfonamides is 1. The van der Waals surface area contributed by atoms with E-state index in [1.165, 1.54) is 17.4 Å². The van der Waals surface area contributed by atoms with Gasteiger partial charge in [-0.1, -0.05) is 20.8 Å². The molecule has 1 atom stereocenters. The highest BCUT2D eigenvalue weighted by molar-refractivity contribution is 7.89. The van der Waals surface area contributed by atoms with Gasteiger partial charge in [0.05, 0.1) is 11.0 Å². The number of nitrogens with one attached hydrogen (secondary N) is 1. The van der Waals surface area contributed by atoms with Crippen molar-refractivity contribution in [1.82, 2.24) is 5.32 Å². The van der Waals surface area contributed by atoms with Gasteiger partial charge in [-0.2, -0.15) is 0 Å². The molecule has 19 heavy (non-hydrogen) atoms. The van der Waals surface area contributed by atoms with Crippen LogP contribution in [0.1, 0.15) is 32.1 Å². The number of aliphatic hydroxyl groups excluding tert-OH is 1. The zero-order chi connectivity index (χ0) is 14.7. The number of thiophene rings is 1. The van der Waals surface area contributed by atoms with Crippen LogP contribution >= 0.6 is 11.3 Å². The highest BCUT2D eigenvalue weighted by Gasteiger charge is 2.18. The normalized spacial score (nSPS) is 14.6. The van der Waals surface area contributed by atoms with Crippen molar-refractivity contribution in [3.63, 3.8) is 0 Å². The minimum absolute atomic E-state index is 0.0653. The molecule has 0 aliphatic heterocycles. The summed E-state index contributed by atoms with van der Waals surface area (Å²) in [7, 11) is -3.66. The van der Waals surface area contributed by atoms with Crippen LogP contribution in [0.3, 0.4) is 0 Å². The average Bonchev–Trinajstić information content (AvgIpc) is 2.62. The highest BCUT2D eigenvalue weighted by Crippen LogP contribution is 2.22. The van der Waals surface area contributed by atoms with E-state index in [2.05, 4.69) is 26.1 Å². The van der Waals surface area contributed by atoms with Crippen molar-refractivity contribution in [2.75, 3.05) is 6.54 Å². The third kappa shape index (κ3) is 6.01. The van der Waals surface area contributed by atoms with Crippen molar-refractivity contribution in [3.05, 3.63) is 16.3 Å². The van der Waals surface area contributed by atoms with Gasteiger partial charge in [0.2, 0.25) is 10.0 Å². The summed E-state index contributed by atoms with van der Waals surface area (Å²) in [5.74, 6) is 0. The summed E-state index contributed by atoms with van der Waals surface area (Å²) in [6.45, 7) is 7.02. The molecule has 1 aromatic heterocycles. The molecular weight excluding hydrogens is 284 g/mol. The van der Waals surface area contributed by atoms with Gasteiger partial charge < -0.3 is 10.4 Å². The lowest BCUT2D eigenvalue weighted by Gasteiger charge is -2.22. The van der Waals surface area contributed by atoms with Gasteiger partial charge in [0, 0.05) is 18.0 Å². The predicted molar refractivity (Wildman–Crippen MR) is 77.5 cm³/mol. The average molecular weight is 306 g/mol. The fraction of sp³-hybridized carbons (Fsp3) is 0.667. The van der Waals surface area contributed by atoms with Crippen LogP contribution in [-0.2, 0) is 16.6 Å². The quantitative estimate of drug-likeness (QED) is 0.738. The van der Waals surface area contributed by atoms with Gasteiger partial charge in [-0.15, -0.1) is 11.3 Å². The molecule has 0 radical (unpaired) electrons. The van der Waals surface area contributed by atoms with Gasteiger partial charge in [0.15, 0.2) is 0 Å². The molecule has 0 fully saturated rings. The molecule has 1 aromatic rings. The first-order valence-electron chi connectivity index (χ1n) is 6.07. The van der Waals surface area contributed by atoms with E-state index in [1.54, 1.807) is 5.38 Å². The van der Waals surface area contributed by atoms with Gasteiger partial charge in [-0.3, -0.25) is 0 Å². The van der Waals surface area contributed by atoms with E-state index in [4.69, 9.17) is 5.14 Å². The molecule has 0 bridgehead atoms. The molecular formula is C12H22N2O3S2. The zero-order valence-corrected chi connectivity index (χ0v) is 13.1. The van der Waals surface area contributed by atoms with Crippen molar-refractivity contribution in [3.8, 4) is 0 Å². The smallest absolute Gasteiger partial charge is 0.239 e. The van der Waals surface area contributed by atoms with E-state index < -0.39 is 16.1 Å². The number of sulfonamides is 1. The van der Waals surface area contributed by atoms with E-state index in [0.717, 1.165) is 0 Å². The van der Waals surface area contributed by atoms with Crippen molar-refractivity contribution in [2.24, 2.45) is 10.6 Å². The summed E-state index contributed by atoms with van der Waals surface area (Å²) in [6.07, 6.45) is 0.241. The lowest BCUT2D eigenvalue weighted by Crippen LogP contribution is -2.30. The molecule has 0 aliphatic rings. The molecule has 0 amide bonds. The molecule has 0 spiro atoms. The fourth-order valence-corrected chi connectivity index (χ4v) is 3.81. The molecule has 0 saturated carbocycles. The number of hydrogen-bond acceptors (Lipinski definition) is 5. The second kappa shape index (κ2) is 6.32. The number of nitrogens with two attached hydrogens (primary N) is 1. The fourth-order valence-electron chi connectivity index (χ4n) is 1.84. The molecule has 7 heteroatoms. The Morgan fingerprint density at radius 3 is 2.63 bits per heavy atom. The second-order valence-electron chi connectivity index (χ2n) is 5.80. The van der Waals surface area contributed by atoms with Crippen LogP contribution in [0.4, 0.5) is 0 Å². The minimum Gasteiger partial charge on any atom is -0.392 e. The molecule has 1 rings (SSSR count). The highest BCUT2D eigenvalue weighted by atomic mass is 32.2. The van der Waals surface area contributed by atoms with Crippen molar-refractivity contribution >= 4 is 21.4 Å². The van der Waals surface area contributed by atoms with E-state index in [0.29, 0.717) is 24.4 Å². The van der Waals surface area contributed by atoms with Gasteiger partial charge in [0.25, 0.3) is 0 Å². The van der Waals surface area contributed by atoms with Gasteiger partial charge in [-0.05, 0) is 23.3 Å². The van der Waals surface area contributed by atoms with Crippen LogP contribution in [0.5, 0.6) is 0 Å². The van der Waals surface area contributed by atoms with Gasteiger partial charge >= 0.3 is 0 Å². The molecule has 4 N–H and O–H groups in total. The molecule has 0 aromatic carbocycles. The third-order valence-corrected chi connectivity index (χ3v) is 4.57. The molecule has 1 unspecified atom stereocenters. The van der Waals surface area contributed by atoms with E-state index in [9.17, 15) is 13.5 Å². The van der Waals surface area contributed by atoms with E-state index >= 15 is 0 Å². The zero-order valence-electron chi connectivity index (χ0n) is 11.5. The summed E-state index contributed by atoms with van der Waals surface area (Å²) in [6, 6.07) is 1.50. The number of aliphatic hydroxyl groups is 1. The first kappa shape index (κ1) is 16.6. The Hall–Kier alpha value is -0.470. The summed E-state index contributed by atoms with van der Waals surface area (Å²) in [4.78, 5) is 0.834. The Kier molecular flexibility index (Phi) is 5.52. The molecule has 0 aliphatic carbocycles. The first-order chi connectivity index (χ1) is 8.59. The monoisotopic (exact) mass is 306 g/mol. The van der Waals surface area contributed by atoms with Gasteiger partial charge in [0.1, 0.15) is 0 Å². The van der Waals surface area contributed by atoms with E-state index in [-0.39, 0.29) is 10.3 Å². The van der Waals surface area contributed by atoms with Crippen molar-refractivity contribution in [1.29, 1.82) is 0 Å². The topological polar surface area (TPSA) is 92.4 Å². The molecule has 0 saturated heterocycles. The Morgan fingerprint density at radius 2 is 2.11 bits per heavy atom. The largest absolute Gasteiger partial charge is 0.392 e. The maximum atomic E-state index is 11.3. The Labute approximate surface area is 118 Å². The first-order valence-corrected chi connectivity index (χ1v) is 8.50. The Morgan fingerprint density at radius 1 is 1.47 bits per heavy atom. The molecule has 110 valence electrons. The lowest BCUT2D eigenvalue weighted by atomic mass is 9.89. The molecule has 5 nitrogen and oxygen atoms in total. The summed E-state index contributed by atoms with van der Waals surface area (Å²) in [5.41, 5.74) is 0.0653. The predicted octanol–water partition coefficient (Wildman–Crippen LogP) is 1.28. The molecule has 1 heterocycles. The number of hydrogen-bond donors (Lipinski definition) is 3. The van der Waals surface area contributed by atoms with Crippen LogP contribution in [0.15, 0.2) is 16.3 Å². The Balaban J connectivity index is 2.49.